The van der Waals surface area contributed by atoms with Gasteiger partial charge in [0.25, 0.3) is 0 Å². The molecule has 4 nitrogen and oxygen atoms in total. The van der Waals surface area contributed by atoms with Gasteiger partial charge in [0.1, 0.15) is 17.0 Å². The molecule has 1 N–H and O–H groups in total. The van der Waals surface area contributed by atoms with Crippen molar-refractivity contribution in [3.63, 3.8) is 0 Å². The Hall–Kier alpha value is -2.53. The molecule has 0 aliphatic heterocycles. The maximum atomic E-state index is 5.11. The summed E-state index contributed by atoms with van der Waals surface area (Å²) in [6.45, 7) is 3.15. The highest BCUT2D eigenvalue weighted by Gasteiger charge is 2.24. The topological polar surface area (TPSA) is 50.7 Å². The van der Waals surface area contributed by atoms with E-state index in [4.69, 9.17) is 4.98 Å². The number of nitrogens with zero attached hydrogens (tertiary/aromatic N) is 3. The van der Waals surface area contributed by atoms with Crippen LogP contribution in [0.5, 0.6) is 0 Å². The van der Waals surface area contributed by atoms with E-state index in [-0.39, 0.29) is 0 Å². The van der Waals surface area contributed by atoms with Crippen LogP contribution in [0.15, 0.2) is 36.7 Å². The molecule has 1 aromatic carbocycles. The summed E-state index contributed by atoms with van der Waals surface area (Å²) in [5.74, 6) is 0.949. The molecule has 0 unspecified atom stereocenters. The Morgan fingerprint density at radius 1 is 1.07 bits per heavy atom. The van der Waals surface area contributed by atoms with Gasteiger partial charge in [0, 0.05) is 17.5 Å². The van der Waals surface area contributed by atoms with Crippen LogP contribution >= 0.6 is 11.3 Å². The van der Waals surface area contributed by atoms with Gasteiger partial charge in [-0.15, -0.1) is 11.3 Å². The molecule has 27 heavy (non-hydrogen) atoms. The molecule has 0 radical (unpaired) electrons. The Balaban J connectivity index is 1.74. The Morgan fingerprint density at radius 3 is 2.78 bits per heavy atom. The molecular formula is C22H22N4S. The number of thiophene rings is 1. The van der Waals surface area contributed by atoms with E-state index in [1.807, 2.05) is 0 Å². The van der Waals surface area contributed by atoms with Crippen LogP contribution in [0.25, 0.3) is 31.7 Å². The smallest absolute Gasteiger partial charge is 0.147 e. The molecule has 5 heteroatoms. The van der Waals surface area contributed by atoms with Crippen LogP contribution in [0.3, 0.4) is 0 Å². The van der Waals surface area contributed by atoms with Gasteiger partial charge in [-0.3, -0.25) is 0 Å². The summed E-state index contributed by atoms with van der Waals surface area (Å²) >= 11 is 1.72. The average Bonchev–Trinajstić information content (AvgIpc) is 3.32. The Bertz CT molecular complexity index is 1120. The Kier molecular flexibility index (Phi) is 4.24. The molecule has 4 aromatic rings. The molecule has 1 aliphatic carbocycles. The fourth-order valence-corrected chi connectivity index (χ4v) is 5.17. The molecule has 0 fully saturated rings. The van der Waals surface area contributed by atoms with Crippen molar-refractivity contribution in [1.82, 2.24) is 15.0 Å². The third-order valence-corrected chi connectivity index (χ3v) is 6.42. The number of pyridine rings is 1. The number of nitrogens with one attached hydrogen (secondary N) is 1. The number of unbranched alkanes of at least 4 members (excludes halogenated alkanes) is 1. The molecule has 5 rings (SSSR count). The monoisotopic (exact) mass is 374 g/mol. The molecule has 3 aromatic heterocycles. The molecule has 0 spiro atoms. The van der Waals surface area contributed by atoms with Gasteiger partial charge in [-0.1, -0.05) is 43.7 Å². The predicted molar refractivity (Wildman–Crippen MR) is 114 cm³/mol. The number of aromatic nitrogens is 3. The van der Waals surface area contributed by atoms with E-state index in [1.165, 1.54) is 34.9 Å². The minimum atomic E-state index is 0.942. The summed E-state index contributed by atoms with van der Waals surface area (Å²) in [7, 11) is 0. The number of fused-ring (bicyclic) bond motifs is 5. The van der Waals surface area contributed by atoms with Crippen LogP contribution in [0.4, 0.5) is 5.82 Å². The lowest BCUT2D eigenvalue weighted by Crippen LogP contribution is -2.03. The van der Waals surface area contributed by atoms with Gasteiger partial charge < -0.3 is 5.32 Å². The van der Waals surface area contributed by atoms with E-state index in [0.29, 0.717) is 0 Å². The molecule has 0 atom stereocenters. The lowest BCUT2D eigenvalue weighted by atomic mass is 10.0. The first-order chi connectivity index (χ1) is 13.4. The normalized spacial score (nSPS) is 13.4. The number of benzene rings is 1. The van der Waals surface area contributed by atoms with Gasteiger partial charge in [-0.2, -0.15) is 0 Å². The first-order valence-corrected chi connectivity index (χ1v) is 10.6. The summed E-state index contributed by atoms with van der Waals surface area (Å²) in [5.41, 5.74) is 6.28. The zero-order valence-electron chi connectivity index (χ0n) is 15.5. The van der Waals surface area contributed by atoms with E-state index < -0.39 is 0 Å². The zero-order valence-corrected chi connectivity index (χ0v) is 16.3. The van der Waals surface area contributed by atoms with E-state index >= 15 is 0 Å². The number of anilines is 1. The lowest BCUT2D eigenvalue weighted by Gasteiger charge is -2.09. The Labute approximate surface area is 162 Å². The minimum absolute atomic E-state index is 0.942. The van der Waals surface area contributed by atoms with Crippen molar-refractivity contribution in [2.24, 2.45) is 0 Å². The van der Waals surface area contributed by atoms with Crippen molar-refractivity contribution in [3.05, 3.63) is 47.8 Å². The fourth-order valence-electron chi connectivity index (χ4n) is 4.04. The molecule has 1 aliphatic rings. The Morgan fingerprint density at radius 2 is 1.93 bits per heavy atom. The van der Waals surface area contributed by atoms with Crippen molar-refractivity contribution in [3.8, 4) is 11.3 Å². The molecular weight excluding hydrogens is 352 g/mol. The van der Waals surface area contributed by atoms with Gasteiger partial charge in [-0.05, 0) is 36.8 Å². The highest BCUT2D eigenvalue weighted by atomic mass is 32.1. The van der Waals surface area contributed by atoms with E-state index in [0.717, 1.165) is 52.4 Å². The number of rotatable bonds is 5. The van der Waals surface area contributed by atoms with Crippen molar-refractivity contribution in [2.75, 3.05) is 11.9 Å². The van der Waals surface area contributed by atoms with Crippen LogP contribution in [0.1, 0.15) is 37.3 Å². The predicted octanol–water partition coefficient (Wildman–Crippen LogP) is 5.61. The zero-order chi connectivity index (χ0) is 18.2. The van der Waals surface area contributed by atoms with Crippen LogP contribution in [-0.4, -0.2) is 21.5 Å². The summed E-state index contributed by atoms with van der Waals surface area (Å²) in [4.78, 5) is 15.4. The minimum Gasteiger partial charge on any atom is -0.369 e. The highest BCUT2D eigenvalue weighted by Crippen LogP contribution is 2.43. The van der Waals surface area contributed by atoms with Gasteiger partial charge in [0.15, 0.2) is 0 Å². The van der Waals surface area contributed by atoms with Gasteiger partial charge in [0.2, 0.25) is 0 Å². The quantitative estimate of drug-likeness (QED) is 0.462. The van der Waals surface area contributed by atoms with Crippen LogP contribution in [0.2, 0.25) is 0 Å². The highest BCUT2D eigenvalue weighted by molar-refractivity contribution is 7.26. The summed E-state index contributed by atoms with van der Waals surface area (Å²) in [6.07, 6.45) is 7.41. The standard InChI is InChI=1S/C22H22N4S/c1-2-3-12-23-21-20-19(24-13-25-21)17-15-10-7-11-16(15)18(26-22(17)27-20)14-8-5-4-6-9-14/h4-6,8-9,13H,2-3,7,10-12H2,1H3,(H,23,24,25). The largest absolute Gasteiger partial charge is 0.369 e. The number of hydrogen-bond donors (Lipinski definition) is 1. The van der Waals surface area contributed by atoms with Crippen LogP contribution < -0.4 is 5.32 Å². The summed E-state index contributed by atoms with van der Waals surface area (Å²) in [5, 5.41) is 4.75. The summed E-state index contributed by atoms with van der Waals surface area (Å²) < 4.78 is 1.13. The van der Waals surface area contributed by atoms with Crippen molar-refractivity contribution < 1.29 is 0 Å². The first-order valence-electron chi connectivity index (χ1n) is 9.75. The molecule has 0 bridgehead atoms. The second-order valence-electron chi connectivity index (χ2n) is 7.10. The average molecular weight is 375 g/mol. The van der Waals surface area contributed by atoms with Crippen molar-refractivity contribution in [2.45, 2.75) is 39.0 Å². The third-order valence-electron chi connectivity index (χ3n) is 5.34. The maximum Gasteiger partial charge on any atom is 0.147 e. The number of hydrogen-bond acceptors (Lipinski definition) is 5. The first kappa shape index (κ1) is 16.6. The van der Waals surface area contributed by atoms with Crippen LogP contribution in [-0.2, 0) is 12.8 Å². The van der Waals surface area contributed by atoms with Crippen molar-refractivity contribution in [1.29, 1.82) is 0 Å². The van der Waals surface area contributed by atoms with Gasteiger partial charge >= 0.3 is 0 Å². The SMILES string of the molecule is CCCCNc1ncnc2c1sc1nc(-c3ccccc3)c3c(c12)CCC3. The molecule has 3 heterocycles. The molecule has 0 saturated heterocycles. The van der Waals surface area contributed by atoms with Crippen molar-refractivity contribution >= 4 is 37.6 Å². The van der Waals surface area contributed by atoms with E-state index in [1.54, 1.807) is 17.7 Å². The second kappa shape index (κ2) is 6.89. The molecule has 0 amide bonds. The van der Waals surface area contributed by atoms with Crippen LogP contribution in [0, 0.1) is 0 Å². The van der Waals surface area contributed by atoms with E-state index in [2.05, 4.69) is 52.5 Å². The molecule has 0 saturated carbocycles. The lowest BCUT2D eigenvalue weighted by molar-refractivity contribution is 0.832. The van der Waals surface area contributed by atoms with Gasteiger partial charge in [0.05, 0.1) is 15.9 Å². The second-order valence-corrected chi connectivity index (χ2v) is 8.10. The fraction of sp³-hybridized carbons (Fsp3) is 0.318. The third kappa shape index (κ3) is 2.77. The van der Waals surface area contributed by atoms with E-state index in [9.17, 15) is 0 Å². The maximum absolute atomic E-state index is 5.11. The van der Waals surface area contributed by atoms with Gasteiger partial charge in [-0.25, -0.2) is 15.0 Å². The summed E-state index contributed by atoms with van der Waals surface area (Å²) in [6, 6.07) is 10.6. The number of aryl methyl sites for hydroxylation is 1. The molecule has 136 valence electrons.